The van der Waals surface area contributed by atoms with E-state index in [-0.39, 0.29) is 12.5 Å². The number of anilines is 2. The van der Waals surface area contributed by atoms with Gasteiger partial charge < -0.3 is 24.6 Å². The maximum absolute atomic E-state index is 12.4. The van der Waals surface area contributed by atoms with E-state index in [1.165, 1.54) is 0 Å². The minimum Gasteiger partial charge on any atom is -0.495 e. The topological polar surface area (TPSA) is 54.0 Å². The number of nitrogens with zero attached hydrogens (tertiary/aromatic N) is 2. The van der Waals surface area contributed by atoms with E-state index in [0.717, 1.165) is 37.4 Å². The molecule has 1 aliphatic rings. The Morgan fingerprint density at radius 3 is 2.59 bits per heavy atom. The highest BCUT2D eigenvalue weighted by atomic mass is 16.5. The van der Waals surface area contributed by atoms with Gasteiger partial charge in [-0.05, 0) is 49.9 Å². The first kappa shape index (κ1) is 19.0. The molecule has 27 heavy (non-hydrogen) atoms. The zero-order valence-electron chi connectivity index (χ0n) is 16.2. The first-order valence-electron chi connectivity index (χ1n) is 9.16. The summed E-state index contributed by atoms with van der Waals surface area (Å²) in [5, 5.41) is 2.91. The summed E-state index contributed by atoms with van der Waals surface area (Å²) in [5.41, 5.74) is 2.83. The number of aryl methyl sites for hydroxylation is 1. The van der Waals surface area contributed by atoms with Gasteiger partial charge in [-0.25, -0.2) is 0 Å². The van der Waals surface area contributed by atoms with Gasteiger partial charge in [0.2, 0.25) is 0 Å². The summed E-state index contributed by atoms with van der Waals surface area (Å²) in [6, 6.07) is 13.5. The minimum atomic E-state index is -0.217. The Balaban J connectivity index is 1.65. The van der Waals surface area contributed by atoms with Gasteiger partial charge in [-0.2, -0.15) is 0 Å². The number of likely N-dealkylation sites (N-methyl/N-ethyl adjacent to an activating group) is 1. The predicted molar refractivity (Wildman–Crippen MR) is 108 cm³/mol. The number of benzene rings is 2. The van der Waals surface area contributed by atoms with Crippen molar-refractivity contribution >= 4 is 17.3 Å². The van der Waals surface area contributed by atoms with Crippen molar-refractivity contribution in [1.82, 2.24) is 4.90 Å². The summed E-state index contributed by atoms with van der Waals surface area (Å²) >= 11 is 0. The third-order valence-electron chi connectivity index (χ3n) is 4.69. The van der Waals surface area contributed by atoms with Crippen molar-refractivity contribution < 1.29 is 14.3 Å². The molecule has 1 amide bonds. The van der Waals surface area contributed by atoms with Gasteiger partial charge in [0.25, 0.3) is 5.91 Å². The Morgan fingerprint density at radius 2 is 1.89 bits per heavy atom. The van der Waals surface area contributed by atoms with E-state index in [4.69, 9.17) is 9.47 Å². The molecule has 1 N–H and O–H groups in total. The van der Waals surface area contributed by atoms with Crippen LogP contribution in [0.4, 0.5) is 11.4 Å². The van der Waals surface area contributed by atoms with Crippen LogP contribution in [0.15, 0.2) is 42.5 Å². The molecule has 1 saturated heterocycles. The van der Waals surface area contributed by atoms with Crippen LogP contribution in [0.1, 0.15) is 5.56 Å². The number of ether oxygens (including phenoxy) is 2. The molecule has 2 aromatic rings. The van der Waals surface area contributed by atoms with Gasteiger partial charge in [0.15, 0.2) is 6.61 Å². The summed E-state index contributed by atoms with van der Waals surface area (Å²) in [4.78, 5) is 17.0. The monoisotopic (exact) mass is 369 g/mol. The lowest BCUT2D eigenvalue weighted by Crippen LogP contribution is -2.44. The summed E-state index contributed by atoms with van der Waals surface area (Å²) < 4.78 is 11.0. The third-order valence-corrected chi connectivity index (χ3v) is 4.69. The smallest absolute Gasteiger partial charge is 0.262 e. The lowest BCUT2D eigenvalue weighted by Gasteiger charge is -2.34. The number of piperazine rings is 1. The average Bonchev–Trinajstić information content (AvgIpc) is 2.67. The lowest BCUT2D eigenvalue weighted by molar-refractivity contribution is -0.118. The average molecular weight is 369 g/mol. The number of hydrogen-bond donors (Lipinski definition) is 1. The summed E-state index contributed by atoms with van der Waals surface area (Å²) in [7, 11) is 3.73. The molecule has 3 rings (SSSR count). The molecule has 0 aromatic heterocycles. The number of carbonyl (C=O) groups is 1. The second-order valence-electron chi connectivity index (χ2n) is 6.83. The van der Waals surface area contributed by atoms with Crippen LogP contribution in [-0.2, 0) is 4.79 Å². The van der Waals surface area contributed by atoms with Crippen molar-refractivity contribution in [3.05, 3.63) is 48.0 Å². The molecule has 1 aliphatic heterocycles. The number of hydrogen-bond acceptors (Lipinski definition) is 5. The van der Waals surface area contributed by atoms with Crippen molar-refractivity contribution in [3.8, 4) is 11.5 Å². The van der Waals surface area contributed by atoms with Gasteiger partial charge in [0, 0.05) is 31.9 Å². The Bertz CT molecular complexity index is 786. The molecule has 6 heteroatoms. The van der Waals surface area contributed by atoms with E-state index in [9.17, 15) is 4.79 Å². The zero-order valence-corrected chi connectivity index (χ0v) is 16.2. The van der Waals surface area contributed by atoms with Crippen molar-refractivity contribution in [2.24, 2.45) is 0 Å². The maximum Gasteiger partial charge on any atom is 0.262 e. The molecule has 0 spiro atoms. The van der Waals surface area contributed by atoms with Gasteiger partial charge in [0.05, 0.1) is 12.8 Å². The van der Waals surface area contributed by atoms with Crippen LogP contribution in [0.5, 0.6) is 11.5 Å². The summed E-state index contributed by atoms with van der Waals surface area (Å²) in [6.45, 7) is 5.92. The fourth-order valence-corrected chi connectivity index (χ4v) is 3.10. The summed E-state index contributed by atoms with van der Waals surface area (Å²) in [5.74, 6) is 1.10. The Morgan fingerprint density at radius 1 is 1.11 bits per heavy atom. The molecule has 1 heterocycles. The molecule has 0 aliphatic carbocycles. The van der Waals surface area contributed by atoms with E-state index in [0.29, 0.717) is 17.2 Å². The number of nitrogens with one attached hydrogen (secondary N) is 1. The SMILES string of the molecule is COc1ccc(N2CCN(C)CC2)cc1NC(=O)COc1cccc(C)c1. The zero-order chi connectivity index (χ0) is 19.2. The Hall–Kier alpha value is -2.73. The minimum absolute atomic E-state index is 0.0503. The quantitative estimate of drug-likeness (QED) is 0.849. The Labute approximate surface area is 160 Å². The molecule has 0 bridgehead atoms. The largest absolute Gasteiger partial charge is 0.495 e. The van der Waals surface area contributed by atoms with Gasteiger partial charge in [-0.15, -0.1) is 0 Å². The summed E-state index contributed by atoms with van der Waals surface area (Å²) in [6.07, 6.45) is 0. The van der Waals surface area contributed by atoms with E-state index >= 15 is 0 Å². The van der Waals surface area contributed by atoms with E-state index in [1.807, 2.05) is 49.4 Å². The molecule has 1 fully saturated rings. The predicted octanol–water partition coefficient (Wildman–Crippen LogP) is 2.77. The van der Waals surface area contributed by atoms with Crippen molar-refractivity contribution in [3.63, 3.8) is 0 Å². The highest BCUT2D eigenvalue weighted by molar-refractivity contribution is 5.94. The standard InChI is InChI=1S/C21H27N3O3/c1-16-5-4-6-18(13-16)27-15-21(25)22-19-14-17(7-8-20(19)26-3)24-11-9-23(2)10-12-24/h4-8,13-14H,9-12,15H2,1-3H3,(H,22,25). The molecular formula is C21H27N3O3. The highest BCUT2D eigenvalue weighted by Gasteiger charge is 2.16. The van der Waals surface area contributed by atoms with Crippen LogP contribution in [0, 0.1) is 6.92 Å². The van der Waals surface area contributed by atoms with Crippen molar-refractivity contribution in [2.75, 3.05) is 57.2 Å². The number of amides is 1. The van der Waals surface area contributed by atoms with Gasteiger partial charge in [0.1, 0.15) is 11.5 Å². The third kappa shape index (κ3) is 5.14. The lowest BCUT2D eigenvalue weighted by atomic mass is 10.2. The molecule has 0 unspecified atom stereocenters. The Kier molecular flexibility index (Phi) is 6.19. The van der Waals surface area contributed by atoms with Crippen LogP contribution in [0.3, 0.4) is 0 Å². The molecule has 0 atom stereocenters. The van der Waals surface area contributed by atoms with Crippen molar-refractivity contribution in [1.29, 1.82) is 0 Å². The van der Waals surface area contributed by atoms with Crippen LogP contribution in [0.2, 0.25) is 0 Å². The maximum atomic E-state index is 12.4. The second-order valence-corrected chi connectivity index (χ2v) is 6.83. The molecule has 0 saturated carbocycles. The van der Waals surface area contributed by atoms with Gasteiger partial charge in [-0.3, -0.25) is 4.79 Å². The van der Waals surface area contributed by atoms with Gasteiger partial charge >= 0.3 is 0 Å². The normalized spacial score (nSPS) is 14.7. The highest BCUT2D eigenvalue weighted by Crippen LogP contribution is 2.30. The van der Waals surface area contributed by atoms with Gasteiger partial charge in [-0.1, -0.05) is 12.1 Å². The fraction of sp³-hybridized carbons (Fsp3) is 0.381. The van der Waals surface area contributed by atoms with E-state index in [1.54, 1.807) is 7.11 Å². The molecule has 0 radical (unpaired) electrons. The molecular weight excluding hydrogens is 342 g/mol. The molecule has 2 aromatic carbocycles. The van der Waals surface area contributed by atoms with Crippen molar-refractivity contribution in [2.45, 2.75) is 6.92 Å². The molecule has 6 nitrogen and oxygen atoms in total. The van der Waals surface area contributed by atoms with E-state index < -0.39 is 0 Å². The van der Waals surface area contributed by atoms with E-state index in [2.05, 4.69) is 22.2 Å². The first-order valence-corrected chi connectivity index (χ1v) is 9.16. The van der Waals surface area contributed by atoms with Crippen LogP contribution in [-0.4, -0.2) is 57.8 Å². The number of carbonyl (C=O) groups excluding carboxylic acids is 1. The second kappa shape index (κ2) is 8.77. The van der Waals surface area contributed by atoms with Crippen LogP contribution < -0.4 is 19.7 Å². The molecule has 144 valence electrons. The first-order chi connectivity index (χ1) is 13.0. The van der Waals surface area contributed by atoms with Crippen LogP contribution >= 0.6 is 0 Å². The fourth-order valence-electron chi connectivity index (χ4n) is 3.10. The number of rotatable bonds is 6. The number of methoxy groups -OCH3 is 1. The van der Waals surface area contributed by atoms with Crippen LogP contribution in [0.25, 0.3) is 0 Å².